The Morgan fingerprint density at radius 2 is 1.80 bits per heavy atom. The summed E-state index contributed by atoms with van der Waals surface area (Å²) in [5, 5.41) is 19.4. The lowest BCUT2D eigenvalue weighted by atomic mass is 9.76. The van der Waals surface area contributed by atoms with E-state index in [1.165, 1.54) is 6.92 Å². The molecule has 4 rings (SSSR count). The molecule has 11 heteroatoms. The summed E-state index contributed by atoms with van der Waals surface area (Å²) in [4.78, 5) is 25.5. The van der Waals surface area contributed by atoms with Crippen molar-refractivity contribution in [2.24, 2.45) is 5.92 Å². The van der Waals surface area contributed by atoms with Crippen LogP contribution in [0.2, 0.25) is 0 Å². The Hall–Kier alpha value is -3.63. The summed E-state index contributed by atoms with van der Waals surface area (Å²) in [5.41, 5.74) is -0.467. The summed E-state index contributed by atoms with van der Waals surface area (Å²) in [7, 11) is 0. The van der Waals surface area contributed by atoms with Gasteiger partial charge in [-0.15, -0.1) is 13.2 Å². The number of halogens is 5. The molecule has 0 spiro atoms. The van der Waals surface area contributed by atoms with Crippen LogP contribution in [0.1, 0.15) is 53.2 Å². The predicted octanol–water partition coefficient (Wildman–Crippen LogP) is 5.88. The number of aromatic hydroxyl groups is 1. The van der Waals surface area contributed by atoms with Crippen LogP contribution in [0.25, 0.3) is 10.9 Å². The van der Waals surface area contributed by atoms with Gasteiger partial charge in [0.15, 0.2) is 17.4 Å². The Bertz CT molecular complexity index is 1310. The van der Waals surface area contributed by atoms with Gasteiger partial charge >= 0.3 is 12.3 Å². The summed E-state index contributed by atoms with van der Waals surface area (Å²) in [6.07, 6.45) is -2.23. The molecular formula is C24H20F5NO5. The summed E-state index contributed by atoms with van der Waals surface area (Å²) < 4.78 is 71.4. The second-order valence-corrected chi connectivity index (χ2v) is 8.55. The van der Waals surface area contributed by atoms with Gasteiger partial charge in [0.25, 0.3) is 5.91 Å². The number of hydrogen-bond donors (Lipinski definition) is 2. The van der Waals surface area contributed by atoms with Crippen LogP contribution in [0.3, 0.4) is 0 Å². The fourth-order valence-corrected chi connectivity index (χ4v) is 4.53. The third-order valence-electron chi connectivity index (χ3n) is 6.39. The van der Waals surface area contributed by atoms with Crippen LogP contribution in [0.5, 0.6) is 11.5 Å². The first-order valence-electron chi connectivity index (χ1n) is 10.7. The van der Waals surface area contributed by atoms with E-state index >= 15 is 4.39 Å². The van der Waals surface area contributed by atoms with Gasteiger partial charge in [-0.2, -0.15) is 0 Å². The summed E-state index contributed by atoms with van der Waals surface area (Å²) in [5.74, 6) is -7.87. The highest BCUT2D eigenvalue weighted by molar-refractivity contribution is 6.05. The molecule has 0 bridgehead atoms. The number of carbonyl (C=O) groups is 2. The van der Waals surface area contributed by atoms with Crippen molar-refractivity contribution in [1.82, 2.24) is 4.57 Å². The van der Waals surface area contributed by atoms with Crippen LogP contribution in [0.4, 0.5) is 22.0 Å². The summed E-state index contributed by atoms with van der Waals surface area (Å²) in [6.45, 7) is 1.37. The monoisotopic (exact) mass is 497 g/mol. The summed E-state index contributed by atoms with van der Waals surface area (Å²) in [6, 6.07) is 4.64. The van der Waals surface area contributed by atoms with E-state index in [1.54, 1.807) is 0 Å². The molecule has 6 nitrogen and oxygen atoms in total. The highest BCUT2D eigenvalue weighted by atomic mass is 19.4. The molecule has 186 valence electrons. The van der Waals surface area contributed by atoms with Gasteiger partial charge in [-0.25, -0.2) is 8.78 Å². The first-order valence-corrected chi connectivity index (χ1v) is 10.7. The third kappa shape index (κ3) is 4.54. The minimum Gasteiger partial charge on any atom is -0.503 e. The lowest BCUT2D eigenvalue weighted by molar-refractivity contribution is -0.274. The van der Waals surface area contributed by atoms with Crippen molar-refractivity contribution in [1.29, 1.82) is 0 Å². The van der Waals surface area contributed by atoms with Gasteiger partial charge in [0.05, 0.1) is 11.4 Å². The molecule has 2 aromatic carbocycles. The standard InChI is InChI=1S/C24H20F5NO5/c1-11-18(15(23(33)34)9-12-3-2-4-12)19-17(10-16(25)21(31)20(19)26)30(11)22(32)13-5-7-14(8-6-13)35-24(27,28)29/h5-8,10,12,15,31H,2-4,9H2,1H3,(H,33,34)/t15-/m0/s1. The normalized spacial score (nSPS) is 15.1. The highest BCUT2D eigenvalue weighted by Gasteiger charge is 2.35. The average Bonchev–Trinajstić information content (AvgIpc) is 3.01. The van der Waals surface area contributed by atoms with Gasteiger partial charge in [0, 0.05) is 22.7 Å². The number of carboxylic acids is 1. The zero-order valence-corrected chi connectivity index (χ0v) is 18.3. The number of alkyl halides is 3. The molecule has 0 aliphatic heterocycles. The number of ether oxygens (including phenoxy) is 1. The van der Waals surface area contributed by atoms with Gasteiger partial charge in [0.2, 0.25) is 0 Å². The topological polar surface area (TPSA) is 88.8 Å². The Labute approximate surface area is 195 Å². The van der Waals surface area contributed by atoms with Crippen molar-refractivity contribution in [2.45, 2.75) is 44.9 Å². The minimum atomic E-state index is -4.93. The maximum absolute atomic E-state index is 15.1. The highest BCUT2D eigenvalue weighted by Crippen LogP contribution is 2.43. The Morgan fingerprint density at radius 3 is 2.31 bits per heavy atom. The molecule has 1 fully saturated rings. The number of rotatable bonds is 6. The molecule has 1 saturated carbocycles. The quantitative estimate of drug-likeness (QED) is 0.416. The number of hydrogen-bond acceptors (Lipinski definition) is 4. The van der Waals surface area contributed by atoms with Crippen molar-refractivity contribution in [3.8, 4) is 11.5 Å². The van der Waals surface area contributed by atoms with E-state index in [9.17, 15) is 37.4 Å². The molecule has 1 aliphatic rings. The minimum absolute atomic E-state index is 0.0243. The molecule has 0 saturated heterocycles. The fraction of sp³-hybridized carbons (Fsp3) is 0.333. The lowest BCUT2D eigenvalue weighted by Crippen LogP contribution is -2.21. The van der Waals surface area contributed by atoms with Crippen molar-refractivity contribution in [3.63, 3.8) is 0 Å². The number of carbonyl (C=O) groups excluding carboxylic acids is 1. The van der Waals surface area contributed by atoms with E-state index in [0.29, 0.717) is 0 Å². The molecule has 1 heterocycles. The number of benzene rings is 2. The second-order valence-electron chi connectivity index (χ2n) is 8.55. The smallest absolute Gasteiger partial charge is 0.503 e. The van der Waals surface area contributed by atoms with E-state index in [2.05, 4.69) is 4.74 Å². The van der Waals surface area contributed by atoms with E-state index in [0.717, 1.165) is 54.2 Å². The number of nitrogens with zero attached hydrogens (tertiary/aromatic N) is 1. The Kier molecular flexibility index (Phi) is 6.20. The molecule has 1 aliphatic carbocycles. The van der Waals surface area contributed by atoms with Crippen molar-refractivity contribution in [2.75, 3.05) is 0 Å². The Morgan fingerprint density at radius 1 is 1.17 bits per heavy atom. The maximum atomic E-state index is 15.1. The molecule has 1 aromatic heterocycles. The molecule has 3 aromatic rings. The molecular weight excluding hydrogens is 477 g/mol. The van der Waals surface area contributed by atoms with Gasteiger partial charge in [0.1, 0.15) is 5.75 Å². The van der Waals surface area contributed by atoms with Crippen LogP contribution in [-0.2, 0) is 4.79 Å². The van der Waals surface area contributed by atoms with Gasteiger partial charge in [-0.3, -0.25) is 14.2 Å². The molecule has 0 amide bonds. The zero-order valence-electron chi connectivity index (χ0n) is 18.3. The predicted molar refractivity (Wildman–Crippen MR) is 113 cm³/mol. The number of carboxylic acid groups (broad SMARTS) is 1. The van der Waals surface area contributed by atoms with E-state index in [1.807, 2.05) is 0 Å². The molecule has 2 N–H and O–H groups in total. The first-order chi connectivity index (χ1) is 16.4. The van der Waals surface area contributed by atoms with Crippen molar-refractivity contribution >= 4 is 22.8 Å². The summed E-state index contributed by atoms with van der Waals surface area (Å²) >= 11 is 0. The molecule has 0 radical (unpaired) electrons. The molecule has 1 atom stereocenters. The average molecular weight is 497 g/mol. The number of aromatic nitrogens is 1. The SMILES string of the molecule is Cc1c([C@H](CC2CCC2)C(=O)O)c2c(F)c(O)c(F)cc2n1C(=O)c1ccc(OC(F)(F)F)cc1. The van der Waals surface area contributed by atoms with Crippen LogP contribution < -0.4 is 4.74 Å². The zero-order chi connectivity index (χ0) is 25.7. The number of fused-ring (bicyclic) bond motifs is 1. The number of phenolic OH excluding ortho intramolecular Hbond substituents is 1. The second kappa shape index (κ2) is 8.86. The van der Waals surface area contributed by atoms with Crippen LogP contribution >= 0.6 is 0 Å². The third-order valence-corrected chi connectivity index (χ3v) is 6.39. The molecule has 35 heavy (non-hydrogen) atoms. The fourth-order valence-electron chi connectivity index (χ4n) is 4.53. The largest absolute Gasteiger partial charge is 0.573 e. The van der Waals surface area contributed by atoms with E-state index in [4.69, 9.17) is 0 Å². The van der Waals surface area contributed by atoms with Gasteiger partial charge < -0.3 is 14.9 Å². The van der Waals surface area contributed by atoms with Gasteiger partial charge in [-0.1, -0.05) is 19.3 Å². The van der Waals surface area contributed by atoms with Crippen LogP contribution in [0, 0.1) is 24.5 Å². The van der Waals surface area contributed by atoms with Crippen LogP contribution in [-0.4, -0.2) is 33.0 Å². The van der Waals surface area contributed by atoms with E-state index < -0.39 is 52.7 Å². The van der Waals surface area contributed by atoms with Crippen molar-refractivity contribution < 1.29 is 46.5 Å². The van der Waals surface area contributed by atoms with Crippen LogP contribution in [0.15, 0.2) is 30.3 Å². The van der Waals surface area contributed by atoms with Gasteiger partial charge in [-0.05, 0) is 49.1 Å². The number of phenols is 1. The lowest BCUT2D eigenvalue weighted by Gasteiger charge is -2.28. The maximum Gasteiger partial charge on any atom is 0.573 e. The first kappa shape index (κ1) is 24.5. The van der Waals surface area contributed by atoms with Crippen molar-refractivity contribution in [3.05, 3.63) is 58.8 Å². The Balaban J connectivity index is 1.87. The number of aliphatic carboxylic acids is 1. The van der Waals surface area contributed by atoms with E-state index in [-0.39, 0.29) is 34.7 Å². The molecule has 0 unspecified atom stereocenters.